The fourth-order valence-electron chi connectivity index (χ4n) is 1.47. The summed E-state index contributed by atoms with van der Waals surface area (Å²) in [5.41, 5.74) is 1.52. The Kier molecular flexibility index (Phi) is 4.11. The van der Waals surface area contributed by atoms with Crippen molar-refractivity contribution < 1.29 is 8.78 Å². The standard InChI is InChI=1S/C11H11F2N3S/c12-9-3-8(4-10(13)5-9)1-2-14-6-11-7-17-16-15-11/h3-5,7,14H,1-2,6H2. The average Bonchev–Trinajstić information content (AvgIpc) is 2.76. The third-order valence-electron chi connectivity index (χ3n) is 2.22. The van der Waals surface area contributed by atoms with Crippen LogP contribution in [0.1, 0.15) is 11.3 Å². The Balaban J connectivity index is 1.78. The van der Waals surface area contributed by atoms with Gasteiger partial charge in [-0.1, -0.05) is 4.49 Å². The molecule has 0 bridgehead atoms. The summed E-state index contributed by atoms with van der Waals surface area (Å²) in [5, 5.41) is 8.87. The van der Waals surface area contributed by atoms with Crippen molar-refractivity contribution in [3.63, 3.8) is 0 Å². The van der Waals surface area contributed by atoms with E-state index in [-0.39, 0.29) is 0 Å². The molecule has 0 saturated carbocycles. The average molecular weight is 255 g/mol. The van der Waals surface area contributed by atoms with Crippen LogP contribution in [-0.4, -0.2) is 16.1 Å². The second-order valence-corrected chi connectivity index (χ2v) is 4.21. The van der Waals surface area contributed by atoms with E-state index in [4.69, 9.17) is 0 Å². The van der Waals surface area contributed by atoms with E-state index in [9.17, 15) is 8.78 Å². The molecule has 0 amide bonds. The molecule has 1 aromatic heterocycles. The normalized spacial score (nSPS) is 10.7. The first-order valence-electron chi connectivity index (χ1n) is 5.15. The van der Waals surface area contributed by atoms with Crippen molar-refractivity contribution in [2.45, 2.75) is 13.0 Å². The monoisotopic (exact) mass is 255 g/mol. The summed E-state index contributed by atoms with van der Waals surface area (Å²) in [4.78, 5) is 0. The Labute approximate surface area is 102 Å². The van der Waals surface area contributed by atoms with Crippen molar-refractivity contribution in [2.24, 2.45) is 0 Å². The molecule has 6 heteroatoms. The summed E-state index contributed by atoms with van der Waals surface area (Å²) < 4.78 is 29.5. The summed E-state index contributed by atoms with van der Waals surface area (Å²) in [7, 11) is 0. The smallest absolute Gasteiger partial charge is 0.126 e. The molecular weight excluding hydrogens is 244 g/mol. The minimum absolute atomic E-state index is 0.538. The minimum atomic E-state index is -0.538. The fraction of sp³-hybridized carbons (Fsp3) is 0.273. The van der Waals surface area contributed by atoms with Gasteiger partial charge in [0.25, 0.3) is 0 Å². The Bertz CT molecular complexity index is 453. The molecule has 0 fully saturated rings. The quantitative estimate of drug-likeness (QED) is 0.832. The summed E-state index contributed by atoms with van der Waals surface area (Å²) in [6.07, 6.45) is 0.576. The number of hydrogen-bond donors (Lipinski definition) is 1. The van der Waals surface area contributed by atoms with Crippen LogP contribution >= 0.6 is 11.5 Å². The van der Waals surface area contributed by atoms with E-state index in [1.165, 1.54) is 23.7 Å². The van der Waals surface area contributed by atoms with E-state index in [2.05, 4.69) is 14.9 Å². The maximum Gasteiger partial charge on any atom is 0.126 e. The SMILES string of the molecule is Fc1cc(F)cc(CCNCc2csnn2)c1. The predicted octanol–water partition coefficient (Wildman–Crippen LogP) is 2.15. The van der Waals surface area contributed by atoms with Crippen LogP contribution in [0.2, 0.25) is 0 Å². The van der Waals surface area contributed by atoms with Crippen LogP contribution in [0.3, 0.4) is 0 Å². The number of halogens is 2. The number of aromatic nitrogens is 2. The van der Waals surface area contributed by atoms with Gasteiger partial charge in [0.2, 0.25) is 0 Å². The highest BCUT2D eigenvalue weighted by Gasteiger charge is 2.01. The molecule has 0 saturated heterocycles. The second kappa shape index (κ2) is 5.79. The van der Waals surface area contributed by atoms with Gasteiger partial charge in [0.15, 0.2) is 0 Å². The number of rotatable bonds is 5. The third-order valence-corrected chi connectivity index (χ3v) is 2.78. The molecule has 0 aliphatic heterocycles. The number of benzene rings is 1. The van der Waals surface area contributed by atoms with Gasteiger partial charge in [-0.15, -0.1) is 5.10 Å². The predicted molar refractivity (Wildman–Crippen MR) is 61.7 cm³/mol. The highest BCUT2D eigenvalue weighted by molar-refractivity contribution is 7.03. The second-order valence-electron chi connectivity index (χ2n) is 3.60. The number of nitrogens with zero attached hydrogens (tertiary/aromatic N) is 2. The zero-order valence-electron chi connectivity index (χ0n) is 8.99. The van der Waals surface area contributed by atoms with E-state index in [1.54, 1.807) is 0 Å². The lowest BCUT2D eigenvalue weighted by Gasteiger charge is -2.03. The van der Waals surface area contributed by atoms with Gasteiger partial charge < -0.3 is 5.32 Å². The fourth-order valence-corrected chi connectivity index (χ4v) is 1.92. The number of hydrogen-bond acceptors (Lipinski definition) is 4. The molecule has 2 rings (SSSR count). The lowest BCUT2D eigenvalue weighted by atomic mass is 10.1. The van der Waals surface area contributed by atoms with Crippen molar-refractivity contribution in [3.05, 3.63) is 46.5 Å². The van der Waals surface area contributed by atoms with Gasteiger partial charge in [0, 0.05) is 18.0 Å². The molecule has 17 heavy (non-hydrogen) atoms. The Morgan fingerprint density at radius 1 is 1.18 bits per heavy atom. The maximum absolute atomic E-state index is 12.9. The molecular formula is C11H11F2N3S. The highest BCUT2D eigenvalue weighted by atomic mass is 32.1. The van der Waals surface area contributed by atoms with Crippen LogP contribution in [-0.2, 0) is 13.0 Å². The topological polar surface area (TPSA) is 37.8 Å². The Hall–Kier alpha value is -1.40. The summed E-state index contributed by atoms with van der Waals surface area (Å²) in [6, 6.07) is 3.56. The minimum Gasteiger partial charge on any atom is -0.311 e. The summed E-state index contributed by atoms with van der Waals surface area (Å²) in [5.74, 6) is -1.08. The number of nitrogens with one attached hydrogen (secondary N) is 1. The van der Waals surface area contributed by atoms with E-state index in [0.29, 0.717) is 25.1 Å². The Morgan fingerprint density at radius 3 is 2.59 bits per heavy atom. The molecule has 90 valence electrons. The van der Waals surface area contributed by atoms with Gasteiger partial charge >= 0.3 is 0 Å². The molecule has 0 radical (unpaired) electrons. The summed E-state index contributed by atoms with van der Waals surface area (Å²) >= 11 is 1.30. The van der Waals surface area contributed by atoms with Crippen molar-refractivity contribution in [3.8, 4) is 0 Å². The summed E-state index contributed by atoms with van der Waals surface area (Å²) in [6.45, 7) is 1.26. The molecule has 0 aliphatic carbocycles. The van der Waals surface area contributed by atoms with E-state index in [0.717, 1.165) is 11.8 Å². The van der Waals surface area contributed by atoms with Gasteiger partial charge in [-0.05, 0) is 42.2 Å². The molecule has 2 aromatic rings. The van der Waals surface area contributed by atoms with Crippen LogP contribution < -0.4 is 5.32 Å². The van der Waals surface area contributed by atoms with Gasteiger partial charge in [-0.3, -0.25) is 0 Å². The molecule has 0 unspecified atom stereocenters. The lowest BCUT2D eigenvalue weighted by molar-refractivity contribution is 0.577. The zero-order chi connectivity index (χ0) is 12.1. The molecule has 1 aromatic carbocycles. The lowest BCUT2D eigenvalue weighted by Crippen LogP contribution is -2.17. The van der Waals surface area contributed by atoms with Crippen LogP contribution in [0, 0.1) is 11.6 Å². The van der Waals surface area contributed by atoms with Crippen LogP contribution in [0.5, 0.6) is 0 Å². The highest BCUT2D eigenvalue weighted by Crippen LogP contribution is 2.08. The van der Waals surface area contributed by atoms with E-state index >= 15 is 0 Å². The van der Waals surface area contributed by atoms with Crippen LogP contribution in [0.4, 0.5) is 8.78 Å². The molecule has 0 atom stereocenters. The van der Waals surface area contributed by atoms with Crippen LogP contribution in [0.15, 0.2) is 23.6 Å². The molecule has 1 heterocycles. The van der Waals surface area contributed by atoms with Gasteiger partial charge in [-0.25, -0.2) is 8.78 Å². The maximum atomic E-state index is 12.9. The molecule has 3 nitrogen and oxygen atoms in total. The zero-order valence-corrected chi connectivity index (χ0v) is 9.81. The van der Waals surface area contributed by atoms with Gasteiger partial charge in [0.1, 0.15) is 11.6 Å². The third kappa shape index (κ3) is 3.83. The first kappa shape index (κ1) is 12.1. The molecule has 0 aliphatic rings. The van der Waals surface area contributed by atoms with Crippen molar-refractivity contribution >= 4 is 11.5 Å². The molecule has 1 N–H and O–H groups in total. The first-order chi connectivity index (χ1) is 8.24. The molecule has 0 spiro atoms. The van der Waals surface area contributed by atoms with Crippen molar-refractivity contribution in [1.29, 1.82) is 0 Å². The van der Waals surface area contributed by atoms with E-state index < -0.39 is 11.6 Å². The first-order valence-corrected chi connectivity index (χ1v) is 5.99. The van der Waals surface area contributed by atoms with Gasteiger partial charge in [-0.2, -0.15) is 0 Å². The van der Waals surface area contributed by atoms with Crippen molar-refractivity contribution in [1.82, 2.24) is 14.9 Å². The van der Waals surface area contributed by atoms with Crippen molar-refractivity contribution in [2.75, 3.05) is 6.54 Å². The Morgan fingerprint density at radius 2 is 1.94 bits per heavy atom. The largest absolute Gasteiger partial charge is 0.311 e. The van der Waals surface area contributed by atoms with E-state index in [1.807, 2.05) is 5.38 Å². The van der Waals surface area contributed by atoms with Gasteiger partial charge in [0.05, 0.1) is 5.69 Å². The van der Waals surface area contributed by atoms with Crippen LogP contribution in [0.25, 0.3) is 0 Å².